The molecule has 0 aromatic carbocycles. The summed E-state index contributed by atoms with van der Waals surface area (Å²) in [6.07, 6.45) is 33.1. The molecule has 40 heavy (non-hydrogen) atoms. The van der Waals surface area contributed by atoms with Crippen molar-refractivity contribution in [2.45, 2.75) is 143 Å². The Bertz CT molecular complexity index is 716. The fourth-order valence-corrected chi connectivity index (χ4v) is 5.02. The number of nitrogens with one attached hydrogen (secondary N) is 2. The number of anilines is 2. The van der Waals surface area contributed by atoms with Gasteiger partial charge in [0.2, 0.25) is 0 Å². The van der Waals surface area contributed by atoms with E-state index >= 15 is 0 Å². The largest absolute Gasteiger partial charge is 1.00 e. The van der Waals surface area contributed by atoms with Crippen LogP contribution < -0.4 is 53.7 Å². The molecule has 0 radical (unpaired) electrons. The Morgan fingerprint density at radius 3 is 1.07 bits per heavy atom. The average molecular weight is 685 g/mol. The Morgan fingerprint density at radius 1 is 0.425 bits per heavy atom. The smallest absolute Gasteiger partial charge is 0.170 e. The number of pyridine rings is 2. The van der Waals surface area contributed by atoms with Gasteiger partial charge < -0.3 is 44.6 Å². The summed E-state index contributed by atoms with van der Waals surface area (Å²) >= 11 is 0. The van der Waals surface area contributed by atoms with Crippen LogP contribution in [0.2, 0.25) is 0 Å². The van der Waals surface area contributed by atoms with Crippen molar-refractivity contribution in [3.8, 4) is 0 Å². The van der Waals surface area contributed by atoms with Crippen LogP contribution >= 0.6 is 0 Å². The number of unbranched alkanes of at least 4 members (excludes halogenated alkanes) is 15. The molecule has 0 spiro atoms. The van der Waals surface area contributed by atoms with E-state index in [2.05, 4.69) is 82.7 Å². The van der Waals surface area contributed by atoms with E-state index in [0.717, 1.165) is 26.2 Å². The van der Waals surface area contributed by atoms with E-state index in [1.54, 1.807) is 0 Å². The molecular weight excluding hydrogens is 624 g/mol. The van der Waals surface area contributed by atoms with Gasteiger partial charge in [-0.3, -0.25) is 0 Å². The summed E-state index contributed by atoms with van der Waals surface area (Å²) in [7, 11) is 0. The van der Waals surface area contributed by atoms with E-state index < -0.39 is 0 Å². The first-order valence-electron chi connectivity index (χ1n) is 16.3. The predicted octanol–water partition coefficient (Wildman–Crippen LogP) is 2.86. The summed E-state index contributed by atoms with van der Waals surface area (Å²) in [4.78, 5) is 0. The van der Waals surface area contributed by atoms with Gasteiger partial charge in [0, 0.05) is 61.6 Å². The van der Waals surface area contributed by atoms with Gasteiger partial charge in [-0.2, -0.15) is 0 Å². The normalized spacial score (nSPS) is 10.6. The molecule has 2 rings (SSSR count). The zero-order chi connectivity index (χ0) is 26.9. The molecular formula is C34H60Br2N4. The van der Waals surface area contributed by atoms with Crippen molar-refractivity contribution in [2.24, 2.45) is 0 Å². The summed E-state index contributed by atoms with van der Waals surface area (Å²) in [5.41, 5.74) is 2.51. The first-order valence-corrected chi connectivity index (χ1v) is 16.3. The lowest BCUT2D eigenvalue weighted by Crippen LogP contribution is -3.00. The highest BCUT2D eigenvalue weighted by molar-refractivity contribution is 5.40. The van der Waals surface area contributed by atoms with Crippen LogP contribution in [0.5, 0.6) is 0 Å². The molecule has 0 saturated carbocycles. The van der Waals surface area contributed by atoms with Crippen LogP contribution in [0.15, 0.2) is 49.1 Å². The van der Waals surface area contributed by atoms with Crippen LogP contribution in [0.4, 0.5) is 11.4 Å². The molecule has 2 aromatic rings. The fourth-order valence-electron chi connectivity index (χ4n) is 5.02. The number of hydrogen-bond acceptors (Lipinski definition) is 2. The molecule has 2 N–H and O–H groups in total. The van der Waals surface area contributed by atoms with Crippen molar-refractivity contribution in [3.05, 3.63) is 49.1 Å². The lowest BCUT2D eigenvalue weighted by molar-refractivity contribution is -0.697. The summed E-state index contributed by atoms with van der Waals surface area (Å²) in [6, 6.07) is 8.91. The molecule has 0 amide bonds. The monoisotopic (exact) mass is 682 g/mol. The second kappa shape index (κ2) is 28.0. The van der Waals surface area contributed by atoms with Crippen molar-refractivity contribution in [1.29, 1.82) is 0 Å². The molecule has 4 nitrogen and oxygen atoms in total. The van der Waals surface area contributed by atoms with Gasteiger partial charge in [0.05, 0.1) is 0 Å². The van der Waals surface area contributed by atoms with Gasteiger partial charge in [0.15, 0.2) is 24.8 Å². The van der Waals surface area contributed by atoms with Crippen molar-refractivity contribution in [1.82, 2.24) is 0 Å². The first kappa shape index (κ1) is 38.9. The Kier molecular flexibility index (Phi) is 27.2. The number of nitrogens with zero attached hydrogens (tertiary/aromatic N) is 2. The maximum atomic E-state index is 3.56. The molecule has 2 aromatic heterocycles. The number of hydrogen-bond donors (Lipinski definition) is 2. The zero-order valence-corrected chi connectivity index (χ0v) is 29.0. The van der Waals surface area contributed by atoms with Crippen LogP contribution in [0, 0.1) is 0 Å². The van der Waals surface area contributed by atoms with E-state index in [1.165, 1.54) is 127 Å². The molecule has 0 fully saturated rings. The third-order valence-electron chi connectivity index (χ3n) is 7.58. The summed E-state index contributed by atoms with van der Waals surface area (Å²) in [5, 5.41) is 7.12. The Morgan fingerprint density at radius 2 is 0.725 bits per heavy atom. The van der Waals surface area contributed by atoms with Gasteiger partial charge in [-0.25, -0.2) is 9.13 Å². The first-order chi connectivity index (χ1) is 18.8. The minimum Gasteiger partial charge on any atom is -1.00 e. The standard InChI is InChI=1S/C34H58N4.2BrH/c1-3-5-7-13-17-25-35-33-21-29-37(30-22-33)27-19-15-11-9-10-12-16-20-28-38-31-23-34(24-32-38)36-26-18-14-8-6-4-2;;/h21-24,29-32H,3-20,25-28H2,1-2H3;2*1H. The van der Waals surface area contributed by atoms with Crippen LogP contribution in [-0.4, -0.2) is 13.1 Å². The molecule has 2 heterocycles. The highest BCUT2D eigenvalue weighted by atomic mass is 79.9. The van der Waals surface area contributed by atoms with Gasteiger partial charge >= 0.3 is 0 Å². The summed E-state index contributed by atoms with van der Waals surface area (Å²) < 4.78 is 4.67. The highest BCUT2D eigenvalue weighted by Crippen LogP contribution is 2.10. The molecule has 0 atom stereocenters. The third kappa shape index (κ3) is 20.7. The van der Waals surface area contributed by atoms with Crippen LogP contribution in [-0.2, 0) is 13.1 Å². The summed E-state index contributed by atoms with van der Waals surface area (Å²) in [5.74, 6) is 0. The number of aromatic nitrogens is 2. The second-order valence-electron chi connectivity index (χ2n) is 11.2. The number of halogens is 2. The average Bonchev–Trinajstić information content (AvgIpc) is 2.95. The predicted molar refractivity (Wildman–Crippen MR) is 165 cm³/mol. The van der Waals surface area contributed by atoms with Gasteiger partial charge in [-0.1, -0.05) is 90.9 Å². The fraction of sp³-hybridized carbons (Fsp3) is 0.706. The van der Waals surface area contributed by atoms with Crippen molar-refractivity contribution in [2.75, 3.05) is 23.7 Å². The highest BCUT2D eigenvalue weighted by Gasteiger charge is 2.03. The Balaban J connectivity index is 0.00000760. The van der Waals surface area contributed by atoms with Crippen LogP contribution in [0.25, 0.3) is 0 Å². The number of rotatable bonds is 25. The minimum absolute atomic E-state index is 0. The lowest BCUT2D eigenvalue weighted by Gasteiger charge is -2.06. The van der Waals surface area contributed by atoms with Crippen molar-refractivity contribution < 1.29 is 43.1 Å². The summed E-state index contributed by atoms with van der Waals surface area (Å²) in [6.45, 7) is 9.02. The van der Waals surface area contributed by atoms with Crippen LogP contribution in [0.3, 0.4) is 0 Å². The van der Waals surface area contributed by atoms with Gasteiger partial charge in [0.1, 0.15) is 13.1 Å². The van der Waals surface area contributed by atoms with Crippen molar-refractivity contribution >= 4 is 11.4 Å². The molecule has 6 heteroatoms. The van der Waals surface area contributed by atoms with Crippen LogP contribution in [0.1, 0.15) is 129 Å². The SMILES string of the molecule is CCCCCCCNc1cc[n+](CCCCCCCCCC[n+]2ccc(NCCCCCCC)cc2)cc1.[Br-].[Br-]. The Labute approximate surface area is 268 Å². The maximum Gasteiger partial charge on any atom is 0.170 e. The quantitative estimate of drug-likeness (QED) is 0.125. The molecule has 0 saturated heterocycles. The van der Waals surface area contributed by atoms with Gasteiger partial charge in [-0.05, 0) is 25.7 Å². The van der Waals surface area contributed by atoms with Gasteiger partial charge in [0.25, 0.3) is 0 Å². The second-order valence-corrected chi connectivity index (χ2v) is 11.2. The lowest BCUT2D eigenvalue weighted by atomic mass is 10.1. The van der Waals surface area contributed by atoms with E-state index in [0.29, 0.717) is 0 Å². The third-order valence-corrected chi connectivity index (χ3v) is 7.58. The van der Waals surface area contributed by atoms with E-state index in [9.17, 15) is 0 Å². The Hall–Kier alpha value is -1.14. The minimum atomic E-state index is 0. The zero-order valence-electron chi connectivity index (χ0n) is 25.8. The maximum absolute atomic E-state index is 3.56. The van der Waals surface area contributed by atoms with Gasteiger partial charge in [-0.15, -0.1) is 0 Å². The molecule has 0 bridgehead atoms. The molecule has 230 valence electrons. The molecule has 0 aliphatic rings. The molecule has 0 unspecified atom stereocenters. The molecule has 0 aliphatic heterocycles. The van der Waals surface area contributed by atoms with E-state index in [4.69, 9.17) is 0 Å². The van der Waals surface area contributed by atoms with Crippen molar-refractivity contribution in [3.63, 3.8) is 0 Å². The number of aryl methyl sites for hydroxylation is 2. The van der Waals surface area contributed by atoms with E-state index in [-0.39, 0.29) is 34.0 Å². The topological polar surface area (TPSA) is 31.8 Å². The van der Waals surface area contributed by atoms with E-state index in [1.807, 2.05) is 0 Å². The molecule has 0 aliphatic carbocycles.